The Morgan fingerprint density at radius 3 is 2.94 bits per heavy atom. The maximum absolute atomic E-state index is 11.8. The van der Waals surface area contributed by atoms with E-state index in [-0.39, 0.29) is 11.7 Å². The van der Waals surface area contributed by atoms with Crippen LogP contribution in [0.5, 0.6) is 0 Å². The van der Waals surface area contributed by atoms with Crippen LogP contribution in [-0.4, -0.2) is 19.1 Å². The molecule has 0 saturated heterocycles. The van der Waals surface area contributed by atoms with E-state index in [4.69, 9.17) is 21.1 Å². The number of carbonyl (C=O) groups is 1. The maximum atomic E-state index is 11.8. The second-order valence-corrected chi connectivity index (χ2v) is 4.57. The van der Waals surface area contributed by atoms with E-state index in [1.54, 1.807) is 18.2 Å². The van der Waals surface area contributed by atoms with Crippen LogP contribution in [0.15, 0.2) is 34.7 Å². The first kappa shape index (κ1) is 12.3. The number of hydrogen-bond donors (Lipinski definition) is 1. The molecule has 1 aliphatic heterocycles. The van der Waals surface area contributed by atoms with Gasteiger partial charge in [0.1, 0.15) is 19.5 Å². The first-order valence-corrected chi connectivity index (χ1v) is 6.05. The van der Waals surface area contributed by atoms with Gasteiger partial charge in [-0.1, -0.05) is 11.6 Å². The number of rotatable bonds is 2. The third-order valence-corrected chi connectivity index (χ3v) is 2.98. The highest BCUT2D eigenvalue weighted by Crippen LogP contribution is 2.26. The van der Waals surface area contributed by atoms with Gasteiger partial charge >= 0.3 is 0 Å². The predicted molar refractivity (Wildman–Crippen MR) is 67.8 cm³/mol. The highest BCUT2D eigenvalue weighted by Gasteiger charge is 2.16. The first-order chi connectivity index (χ1) is 8.16. The average molecular weight is 319 g/mol. The lowest BCUT2D eigenvalue weighted by atomic mass is 10.3. The van der Waals surface area contributed by atoms with Crippen LogP contribution < -0.4 is 5.32 Å². The van der Waals surface area contributed by atoms with Crippen molar-refractivity contribution in [2.75, 3.05) is 18.5 Å². The summed E-state index contributed by atoms with van der Waals surface area (Å²) in [6.07, 6.45) is 1.30. The zero-order valence-corrected chi connectivity index (χ0v) is 11.0. The average Bonchev–Trinajstić information content (AvgIpc) is 2.35. The normalized spacial score (nSPS) is 14.4. The lowest BCUT2D eigenvalue weighted by Crippen LogP contribution is -2.21. The van der Waals surface area contributed by atoms with E-state index in [2.05, 4.69) is 21.2 Å². The van der Waals surface area contributed by atoms with Crippen LogP contribution in [0.4, 0.5) is 5.69 Å². The molecule has 0 aromatic heterocycles. The maximum Gasteiger partial charge on any atom is 0.294 e. The Balaban J connectivity index is 2.12. The first-order valence-electron chi connectivity index (χ1n) is 4.88. The lowest BCUT2D eigenvalue weighted by molar-refractivity contribution is -0.117. The standard InChI is InChI=1S/C11H9BrClNO3/c12-8-2-1-7(13)5-9(8)14-11(15)10-6-16-3-4-17-10/h1-2,5-6H,3-4H2,(H,14,15). The van der Waals surface area contributed by atoms with E-state index in [0.29, 0.717) is 23.9 Å². The third-order valence-electron chi connectivity index (χ3n) is 2.05. The molecule has 0 saturated carbocycles. The van der Waals surface area contributed by atoms with E-state index in [1.165, 1.54) is 6.26 Å². The molecule has 0 fully saturated rings. The van der Waals surface area contributed by atoms with E-state index in [9.17, 15) is 4.79 Å². The molecule has 1 aromatic rings. The molecule has 0 spiro atoms. The van der Waals surface area contributed by atoms with Crippen molar-refractivity contribution < 1.29 is 14.3 Å². The number of hydrogen-bond acceptors (Lipinski definition) is 3. The van der Waals surface area contributed by atoms with Crippen LogP contribution in [-0.2, 0) is 14.3 Å². The van der Waals surface area contributed by atoms with Gasteiger partial charge in [0.2, 0.25) is 5.76 Å². The van der Waals surface area contributed by atoms with Crippen molar-refractivity contribution in [2.24, 2.45) is 0 Å². The molecule has 0 bridgehead atoms. The van der Waals surface area contributed by atoms with E-state index < -0.39 is 0 Å². The molecule has 0 aliphatic carbocycles. The van der Waals surface area contributed by atoms with Gasteiger partial charge in [0.15, 0.2) is 0 Å². The second-order valence-electron chi connectivity index (χ2n) is 3.28. The van der Waals surface area contributed by atoms with Gasteiger partial charge in [-0.3, -0.25) is 4.79 Å². The smallest absolute Gasteiger partial charge is 0.294 e. The van der Waals surface area contributed by atoms with Crippen LogP contribution >= 0.6 is 27.5 Å². The highest BCUT2D eigenvalue weighted by atomic mass is 79.9. The summed E-state index contributed by atoms with van der Waals surface area (Å²) in [6.45, 7) is 0.827. The van der Waals surface area contributed by atoms with Crippen molar-refractivity contribution in [2.45, 2.75) is 0 Å². The molecule has 0 atom stereocenters. The van der Waals surface area contributed by atoms with Gasteiger partial charge < -0.3 is 14.8 Å². The van der Waals surface area contributed by atoms with Gasteiger partial charge in [0, 0.05) is 9.50 Å². The predicted octanol–water partition coefficient (Wildman–Crippen LogP) is 2.93. The molecule has 1 heterocycles. The largest absolute Gasteiger partial charge is 0.494 e. The summed E-state index contributed by atoms with van der Waals surface area (Å²) >= 11 is 9.16. The van der Waals surface area contributed by atoms with Gasteiger partial charge in [-0.25, -0.2) is 0 Å². The van der Waals surface area contributed by atoms with Crippen LogP contribution in [0.1, 0.15) is 0 Å². The fourth-order valence-electron chi connectivity index (χ4n) is 1.26. The van der Waals surface area contributed by atoms with Crippen molar-refractivity contribution >= 4 is 39.1 Å². The number of nitrogens with one attached hydrogen (secondary N) is 1. The fraction of sp³-hybridized carbons (Fsp3) is 0.182. The molecule has 1 amide bonds. The molecule has 90 valence electrons. The van der Waals surface area contributed by atoms with Gasteiger partial charge in [0.25, 0.3) is 5.91 Å². The lowest BCUT2D eigenvalue weighted by Gasteiger charge is -2.15. The summed E-state index contributed by atoms with van der Waals surface area (Å²) in [5, 5.41) is 3.22. The van der Waals surface area contributed by atoms with Crippen LogP contribution in [0.2, 0.25) is 5.02 Å². The molecule has 1 aliphatic rings. The molecule has 0 radical (unpaired) electrons. The Morgan fingerprint density at radius 2 is 2.24 bits per heavy atom. The van der Waals surface area contributed by atoms with Gasteiger partial charge in [-0.05, 0) is 34.1 Å². The summed E-state index contributed by atoms with van der Waals surface area (Å²) in [5.74, 6) is -0.212. The Labute approximate surface area is 112 Å². The topological polar surface area (TPSA) is 47.6 Å². The number of amides is 1. The summed E-state index contributed by atoms with van der Waals surface area (Å²) < 4.78 is 10.9. The number of benzene rings is 1. The molecule has 1 aromatic carbocycles. The zero-order valence-electron chi connectivity index (χ0n) is 8.70. The Morgan fingerprint density at radius 1 is 1.41 bits per heavy atom. The van der Waals surface area contributed by atoms with Gasteiger partial charge in [0.05, 0.1) is 5.69 Å². The minimum Gasteiger partial charge on any atom is -0.494 e. The number of halogens is 2. The minimum atomic E-state index is -0.368. The minimum absolute atomic E-state index is 0.156. The Bertz CT molecular complexity index is 476. The summed E-state index contributed by atoms with van der Waals surface area (Å²) in [5.41, 5.74) is 0.581. The summed E-state index contributed by atoms with van der Waals surface area (Å²) in [7, 11) is 0. The summed E-state index contributed by atoms with van der Waals surface area (Å²) in [4.78, 5) is 11.8. The van der Waals surface area contributed by atoms with Crippen molar-refractivity contribution in [1.29, 1.82) is 0 Å². The number of carbonyl (C=O) groups excluding carboxylic acids is 1. The van der Waals surface area contributed by atoms with Crippen molar-refractivity contribution in [3.8, 4) is 0 Å². The molecule has 17 heavy (non-hydrogen) atoms. The molecular weight excluding hydrogens is 309 g/mol. The van der Waals surface area contributed by atoms with Crippen LogP contribution in [0.25, 0.3) is 0 Å². The van der Waals surface area contributed by atoms with Crippen molar-refractivity contribution in [1.82, 2.24) is 0 Å². The van der Waals surface area contributed by atoms with Gasteiger partial charge in [-0.15, -0.1) is 0 Å². The molecular formula is C11H9BrClNO3. The van der Waals surface area contributed by atoms with E-state index in [1.807, 2.05) is 0 Å². The van der Waals surface area contributed by atoms with E-state index in [0.717, 1.165) is 4.47 Å². The summed E-state index contributed by atoms with van der Waals surface area (Å²) in [6, 6.07) is 5.12. The molecule has 4 nitrogen and oxygen atoms in total. The van der Waals surface area contributed by atoms with Crippen LogP contribution in [0, 0.1) is 0 Å². The number of anilines is 1. The van der Waals surface area contributed by atoms with Gasteiger partial charge in [-0.2, -0.15) is 0 Å². The quantitative estimate of drug-likeness (QED) is 0.912. The Kier molecular flexibility index (Phi) is 3.91. The van der Waals surface area contributed by atoms with Crippen molar-refractivity contribution in [3.05, 3.63) is 39.7 Å². The van der Waals surface area contributed by atoms with Crippen molar-refractivity contribution in [3.63, 3.8) is 0 Å². The molecule has 0 unspecified atom stereocenters. The Hall–Kier alpha value is -1.20. The highest BCUT2D eigenvalue weighted by molar-refractivity contribution is 9.10. The fourth-order valence-corrected chi connectivity index (χ4v) is 1.78. The second kappa shape index (κ2) is 5.42. The number of ether oxygens (including phenoxy) is 2. The molecule has 1 N–H and O–H groups in total. The van der Waals surface area contributed by atoms with Crippen LogP contribution in [0.3, 0.4) is 0 Å². The van der Waals surface area contributed by atoms with E-state index >= 15 is 0 Å². The SMILES string of the molecule is O=C(Nc1cc(Cl)ccc1Br)C1=COCCO1. The molecule has 2 rings (SSSR count). The third kappa shape index (κ3) is 3.14. The molecule has 6 heteroatoms. The zero-order chi connectivity index (χ0) is 12.3. The monoisotopic (exact) mass is 317 g/mol.